The topological polar surface area (TPSA) is 60.0 Å². The lowest BCUT2D eigenvalue weighted by atomic mass is 10.1. The van der Waals surface area contributed by atoms with Crippen molar-refractivity contribution in [1.82, 2.24) is 0 Å². The van der Waals surface area contributed by atoms with Crippen LogP contribution in [0.4, 0.5) is 0 Å². The van der Waals surface area contributed by atoms with E-state index in [2.05, 4.69) is 5.11 Å². The zero-order chi connectivity index (χ0) is 6.41. The quantitative estimate of drug-likeness (QED) is 0.552. The molecular weight excluding hydrogens is 102 g/mol. The van der Waals surface area contributed by atoms with Gasteiger partial charge in [-0.1, -0.05) is 6.92 Å². The van der Waals surface area contributed by atoms with Crippen molar-refractivity contribution < 1.29 is 0 Å². The highest BCUT2D eigenvalue weighted by Crippen LogP contribution is 1.98. The lowest BCUT2D eigenvalue weighted by Crippen LogP contribution is -1.95. The second kappa shape index (κ2) is 4.25. The summed E-state index contributed by atoms with van der Waals surface area (Å²) in [7, 11) is 0. The Kier molecular flexibility index (Phi) is 3.77. The fourth-order valence-corrected chi connectivity index (χ4v) is 0.376. The summed E-state index contributed by atoms with van der Waals surface area (Å²) in [5, 5.41) is 11.3. The highest BCUT2D eigenvalue weighted by molar-refractivity contribution is 4.73. The normalized spacial score (nSPS) is 12.0. The minimum atomic E-state index is 0.248. The summed E-state index contributed by atoms with van der Waals surface area (Å²) in [5.41, 5.74) is 6.43. The van der Waals surface area contributed by atoms with E-state index < -0.39 is 0 Å². The maximum atomic E-state index is 8.11. The van der Waals surface area contributed by atoms with Gasteiger partial charge in [-0.25, -0.2) is 5.53 Å². The van der Waals surface area contributed by atoms with Crippen LogP contribution in [0.25, 0.3) is 0 Å². The molecule has 1 atom stereocenters. The molecule has 0 saturated carbocycles. The van der Waals surface area contributed by atoms with Crippen molar-refractivity contribution in [2.24, 2.45) is 11.0 Å². The van der Waals surface area contributed by atoms with Crippen LogP contribution in [-0.4, -0.2) is 6.54 Å². The molecule has 0 aliphatic heterocycles. The fraction of sp³-hybridized carbons (Fsp3) is 0.800. The van der Waals surface area contributed by atoms with Gasteiger partial charge in [0.2, 0.25) is 0 Å². The van der Waals surface area contributed by atoms with Crippen LogP contribution < -0.4 is 0 Å². The van der Waals surface area contributed by atoms with Gasteiger partial charge in [-0.3, -0.25) is 0 Å². The molecule has 8 heavy (non-hydrogen) atoms. The Bertz CT molecular complexity index is 103. The molecule has 0 aromatic carbocycles. The first-order valence-electron chi connectivity index (χ1n) is 2.51. The maximum absolute atomic E-state index is 8.11. The first-order chi connectivity index (χ1) is 3.81. The number of rotatable bonds is 3. The Hall–Kier alpha value is -0.910. The Morgan fingerprint density at radius 1 is 1.88 bits per heavy atom. The van der Waals surface area contributed by atoms with Gasteiger partial charge < -0.3 is 0 Å². The standard InChI is InChI=1S/C5H9N3/c1-5(2-3-6)4-8-7/h5,7H,2,4H2,1H3. The van der Waals surface area contributed by atoms with E-state index in [1.807, 2.05) is 13.0 Å². The van der Waals surface area contributed by atoms with Crippen LogP contribution in [0.5, 0.6) is 0 Å². The summed E-state index contributed by atoms with van der Waals surface area (Å²) in [4.78, 5) is 0. The Morgan fingerprint density at radius 3 is 2.88 bits per heavy atom. The van der Waals surface area contributed by atoms with Gasteiger partial charge in [-0.05, 0) is 5.92 Å². The van der Waals surface area contributed by atoms with Crippen LogP contribution in [0.2, 0.25) is 0 Å². The van der Waals surface area contributed by atoms with E-state index in [4.69, 9.17) is 10.8 Å². The van der Waals surface area contributed by atoms with Gasteiger partial charge in [0.05, 0.1) is 12.6 Å². The molecule has 0 radical (unpaired) electrons. The molecule has 0 rings (SSSR count). The molecule has 0 amide bonds. The smallest absolute Gasteiger partial charge is 0.0631 e. The molecule has 0 bridgehead atoms. The van der Waals surface area contributed by atoms with E-state index in [1.165, 1.54) is 0 Å². The molecule has 0 aromatic rings. The molecule has 0 aliphatic carbocycles. The first-order valence-corrected chi connectivity index (χ1v) is 2.51. The molecular formula is C5H9N3. The van der Waals surface area contributed by atoms with E-state index in [9.17, 15) is 0 Å². The van der Waals surface area contributed by atoms with Crippen molar-refractivity contribution in [1.29, 1.82) is 10.8 Å². The fourth-order valence-electron chi connectivity index (χ4n) is 0.376. The molecule has 0 fully saturated rings. The van der Waals surface area contributed by atoms with Crippen LogP contribution in [0, 0.1) is 22.8 Å². The molecule has 0 saturated heterocycles. The average Bonchev–Trinajstić information content (AvgIpc) is 1.68. The summed E-state index contributed by atoms with van der Waals surface area (Å²) < 4.78 is 0. The highest BCUT2D eigenvalue weighted by Gasteiger charge is 1.96. The molecule has 44 valence electrons. The monoisotopic (exact) mass is 111 g/mol. The van der Waals surface area contributed by atoms with Crippen molar-refractivity contribution in [2.75, 3.05) is 6.54 Å². The third kappa shape index (κ3) is 3.29. The first kappa shape index (κ1) is 7.09. The lowest BCUT2D eigenvalue weighted by molar-refractivity contribution is 0.591. The minimum absolute atomic E-state index is 0.248. The molecule has 1 unspecified atom stereocenters. The summed E-state index contributed by atoms with van der Waals surface area (Å²) in [6.45, 7) is 2.38. The van der Waals surface area contributed by atoms with Crippen LogP contribution >= 0.6 is 0 Å². The van der Waals surface area contributed by atoms with Crippen LogP contribution in [0.15, 0.2) is 5.11 Å². The maximum Gasteiger partial charge on any atom is 0.0631 e. The molecule has 3 heteroatoms. The summed E-state index contributed by atoms with van der Waals surface area (Å²) in [6.07, 6.45) is 0.502. The lowest BCUT2D eigenvalue weighted by Gasteiger charge is -1.96. The van der Waals surface area contributed by atoms with Crippen molar-refractivity contribution in [2.45, 2.75) is 13.3 Å². The van der Waals surface area contributed by atoms with E-state index in [0.29, 0.717) is 13.0 Å². The summed E-state index contributed by atoms with van der Waals surface area (Å²) in [5.74, 6) is 0.248. The SMILES string of the molecule is CC(CC#N)CN=N. The van der Waals surface area contributed by atoms with E-state index in [0.717, 1.165) is 0 Å². The van der Waals surface area contributed by atoms with Gasteiger partial charge >= 0.3 is 0 Å². The van der Waals surface area contributed by atoms with Crippen molar-refractivity contribution in [3.8, 4) is 6.07 Å². The zero-order valence-electron chi connectivity index (χ0n) is 4.89. The Labute approximate surface area is 48.8 Å². The average molecular weight is 111 g/mol. The molecule has 0 aliphatic rings. The predicted octanol–water partition coefficient (Wildman–Crippen LogP) is 1.57. The Morgan fingerprint density at radius 2 is 2.50 bits per heavy atom. The van der Waals surface area contributed by atoms with Crippen molar-refractivity contribution in [3.63, 3.8) is 0 Å². The van der Waals surface area contributed by atoms with E-state index >= 15 is 0 Å². The predicted molar refractivity (Wildman–Crippen MR) is 29.4 cm³/mol. The van der Waals surface area contributed by atoms with Gasteiger partial charge in [0, 0.05) is 6.42 Å². The molecule has 0 spiro atoms. The number of nitriles is 1. The Balaban J connectivity index is 3.20. The van der Waals surface area contributed by atoms with Crippen molar-refractivity contribution in [3.05, 3.63) is 0 Å². The second-order valence-electron chi connectivity index (χ2n) is 1.81. The van der Waals surface area contributed by atoms with E-state index in [1.54, 1.807) is 0 Å². The highest BCUT2D eigenvalue weighted by atomic mass is 14.9. The van der Waals surface area contributed by atoms with Crippen molar-refractivity contribution >= 4 is 0 Å². The number of hydrogen-bond acceptors (Lipinski definition) is 3. The molecule has 0 aromatic heterocycles. The molecule has 3 nitrogen and oxygen atoms in total. The second-order valence-corrected chi connectivity index (χ2v) is 1.81. The van der Waals surface area contributed by atoms with Gasteiger partial charge in [0.25, 0.3) is 0 Å². The van der Waals surface area contributed by atoms with Gasteiger partial charge in [-0.2, -0.15) is 10.4 Å². The summed E-state index contributed by atoms with van der Waals surface area (Å²) >= 11 is 0. The van der Waals surface area contributed by atoms with Crippen LogP contribution in [-0.2, 0) is 0 Å². The number of hydrogen-bond donors (Lipinski definition) is 1. The van der Waals surface area contributed by atoms with Gasteiger partial charge in [-0.15, -0.1) is 0 Å². The molecule has 1 N–H and O–H groups in total. The van der Waals surface area contributed by atoms with Crippen LogP contribution in [0.1, 0.15) is 13.3 Å². The third-order valence-electron chi connectivity index (χ3n) is 0.843. The van der Waals surface area contributed by atoms with Crippen LogP contribution in [0.3, 0.4) is 0 Å². The number of nitrogens with zero attached hydrogens (tertiary/aromatic N) is 2. The molecule has 0 heterocycles. The van der Waals surface area contributed by atoms with Gasteiger partial charge in [0.1, 0.15) is 0 Å². The zero-order valence-corrected chi connectivity index (χ0v) is 4.89. The number of nitrogens with one attached hydrogen (secondary N) is 1. The minimum Gasteiger partial charge on any atom is -0.210 e. The van der Waals surface area contributed by atoms with E-state index in [-0.39, 0.29) is 5.92 Å². The largest absolute Gasteiger partial charge is 0.210 e. The van der Waals surface area contributed by atoms with Gasteiger partial charge in [0.15, 0.2) is 0 Å². The summed E-state index contributed by atoms with van der Waals surface area (Å²) in [6, 6.07) is 2.01. The third-order valence-corrected chi connectivity index (χ3v) is 0.843.